The standard InChI is InChI=1S/C15H14FNO4/c1-10-7-12(4-5-13(10)16)21-9-11-3-6-15(20-2)14(8-11)17(18)19/h3-8H,9H2,1-2H3. The number of methoxy groups -OCH3 is 1. The second-order valence-corrected chi connectivity index (χ2v) is 4.46. The van der Waals surface area contributed by atoms with Crippen LogP contribution in [0.25, 0.3) is 0 Å². The largest absolute Gasteiger partial charge is 0.490 e. The molecule has 0 aliphatic rings. The summed E-state index contributed by atoms with van der Waals surface area (Å²) in [6, 6.07) is 9.01. The van der Waals surface area contributed by atoms with Crippen molar-refractivity contribution < 1.29 is 18.8 Å². The molecule has 110 valence electrons. The van der Waals surface area contributed by atoms with Crippen molar-refractivity contribution in [2.24, 2.45) is 0 Å². The Morgan fingerprint density at radius 1 is 1.24 bits per heavy atom. The molecule has 0 spiro atoms. The Hall–Kier alpha value is -2.63. The van der Waals surface area contributed by atoms with Crippen LogP contribution in [0, 0.1) is 22.9 Å². The number of nitro groups is 1. The molecule has 6 heteroatoms. The third kappa shape index (κ3) is 3.47. The normalized spacial score (nSPS) is 10.2. The Bertz CT molecular complexity index is 673. The number of aryl methyl sites for hydroxylation is 1. The lowest BCUT2D eigenvalue weighted by molar-refractivity contribution is -0.385. The van der Waals surface area contributed by atoms with E-state index in [1.54, 1.807) is 19.1 Å². The molecule has 0 aliphatic carbocycles. The maximum atomic E-state index is 13.1. The first kappa shape index (κ1) is 14.8. The van der Waals surface area contributed by atoms with Crippen LogP contribution in [0.4, 0.5) is 10.1 Å². The highest BCUT2D eigenvalue weighted by Gasteiger charge is 2.15. The van der Waals surface area contributed by atoms with E-state index in [1.165, 1.54) is 31.4 Å². The zero-order valence-electron chi connectivity index (χ0n) is 11.6. The van der Waals surface area contributed by atoms with Gasteiger partial charge in [0.1, 0.15) is 18.2 Å². The molecule has 21 heavy (non-hydrogen) atoms. The number of hydrogen-bond acceptors (Lipinski definition) is 4. The van der Waals surface area contributed by atoms with E-state index in [4.69, 9.17) is 9.47 Å². The molecular formula is C15H14FNO4. The summed E-state index contributed by atoms with van der Waals surface area (Å²) >= 11 is 0. The summed E-state index contributed by atoms with van der Waals surface area (Å²) in [6.45, 7) is 1.79. The summed E-state index contributed by atoms with van der Waals surface area (Å²) in [7, 11) is 1.37. The number of benzene rings is 2. The molecule has 0 amide bonds. The minimum atomic E-state index is -0.510. The molecule has 0 aromatic heterocycles. The van der Waals surface area contributed by atoms with Gasteiger partial charge < -0.3 is 9.47 Å². The highest BCUT2D eigenvalue weighted by Crippen LogP contribution is 2.28. The van der Waals surface area contributed by atoms with Crippen molar-refractivity contribution in [2.75, 3.05) is 7.11 Å². The summed E-state index contributed by atoms with van der Waals surface area (Å²) in [4.78, 5) is 10.4. The number of nitro benzene ring substituents is 1. The zero-order valence-corrected chi connectivity index (χ0v) is 11.6. The van der Waals surface area contributed by atoms with Crippen LogP contribution in [0.5, 0.6) is 11.5 Å². The first-order chi connectivity index (χ1) is 10.0. The number of hydrogen-bond donors (Lipinski definition) is 0. The number of rotatable bonds is 5. The van der Waals surface area contributed by atoms with Gasteiger partial charge in [0.05, 0.1) is 12.0 Å². The van der Waals surface area contributed by atoms with Crippen molar-refractivity contribution in [3.8, 4) is 11.5 Å². The molecule has 2 rings (SSSR count). The van der Waals surface area contributed by atoms with Crippen LogP contribution in [-0.4, -0.2) is 12.0 Å². The van der Waals surface area contributed by atoms with Crippen LogP contribution in [0.2, 0.25) is 0 Å². The van der Waals surface area contributed by atoms with E-state index in [9.17, 15) is 14.5 Å². The molecule has 0 N–H and O–H groups in total. The maximum Gasteiger partial charge on any atom is 0.311 e. The summed E-state index contributed by atoms with van der Waals surface area (Å²) < 4.78 is 23.6. The van der Waals surface area contributed by atoms with Crippen LogP contribution < -0.4 is 9.47 Å². The van der Waals surface area contributed by atoms with Crippen molar-refractivity contribution in [3.63, 3.8) is 0 Å². The van der Waals surface area contributed by atoms with E-state index in [0.717, 1.165) is 0 Å². The third-order valence-electron chi connectivity index (χ3n) is 2.97. The van der Waals surface area contributed by atoms with Gasteiger partial charge in [-0.25, -0.2) is 4.39 Å². The molecular weight excluding hydrogens is 277 g/mol. The number of halogens is 1. The fourth-order valence-electron chi connectivity index (χ4n) is 1.84. The molecule has 5 nitrogen and oxygen atoms in total. The lowest BCUT2D eigenvalue weighted by Crippen LogP contribution is -1.99. The van der Waals surface area contributed by atoms with E-state index in [2.05, 4.69) is 0 Å². The van der Waals surface area contributed by atoms with E-state index in [-0.39, 0.29) is 23.9 Å². The molecule has 0 aliphatic heterocycles. The van der Waals surface area contributed by atoms with Crippen LogP contribution in [0.3, 0.4) is 0 Å². The minimum absolute atomic E-state index is 0.117. The zero-order chi connectivity index (χ0) is 15.4. The molecule has 0 heterocycles. The van der Waals surface area contributed by atoms with Gasteiger partial charge in [0, 0.05) is 6.07 Å². The summed E-state index contributed by atoms with van der Waals surface area (Å²) in [5.41, 5.74) is 0.992. The van der Waals surface area contributed by atoms with Crippen LogP contribution in [0.1, 0.15) is 11.1 Å². The molecule has 0 saturated carbocycles. The van der Waals surface area contributed by atoms with Crippen molar-refractivity contribution in [2.45, 2.75) is 13.5 Å². The first-order valence-electron chi connectivity index (χ1n) is 6.21. The van der Waals surface area contributed by atoms with E-state index < -0.39 is 4.92 Å². The molecule has 0 unspecified atom stereocenters. The predicted molar refractivity (Wildman–Crippen MR) is 75.1 cm³/mol. The van der Waals surface area contributed by atoms with Gasteiger partial charge in [-0.2, -0.15) is 0 Å². The van der Waals surface area contributed by atoms with Gasteiger partial charge >= 0.3 is 5.69 Å². The Morgan fingerprint density at radius 3 is 2.62 bits per heavy atom. The van der Waals surface area contributed by atoms with Gasteiger partial charge in [0.25, 0.3) is 0 Å². The molecule has 2 aromatic carbocycles. The topological polar surface area (TPSA) is 61.6 Å². The summed E-state index contributed by atoms with van der Waals surface area (Å²) in [5.74, 6) is 0.399. The predicted octanol–water partition coefficient (Wildman–Crippen LogP) is 3.63. The van der Waals surface area contributed by atoms with Gasteiger partial charge in [-0.3, -0.25) is 10.1 Å². The smallest absolute Gasteiger partial charge is 0.311 e. The molecule has 0 atom stereocenters. The Balaban J connectivity index is 2.14. The van der Waals surface area contributed by atoms with Crippen molar-refractivity contribution in [1.82, 2.24) is 0 Å². The molecule has 2 aromatic rings. The first-order valence-corrected chi connectivity index (χ1v) is 6.21. The Labute approximate surface area is 121 Å². The van der Waals surface area contributed by atoms with Crippen molar-refractivity contribution in [3.05, 3.63) is 63.5 Å². The van der Waals surface area contributed by atoms with E-state index in [1.807, 2.05) is 0 Å². The quantitative estimate of drug-likeness (QED) is 0.623. The number of ether oxygens (including phenoxy) is 2. The fraction of sp³-hybridized carbons (Fsp3) is 0.200. The fourth-order valence-corrected chi connectivity index (χ4v) is 1.84. The molecule has 0 radical (unpaired) electrons. The number of nitrogens with zero attached hydrogens (tertiary/aromatic N) is 1. The van der Waals surface area contributed by atoms with Gasteiger partial charge in [0.2, 0.25) is 0 Å². The van der Waals surface area contributed by atoms with Gasteiger partial charge in [0.15, 0.2) is 5.75 Å². The lowest BCUT2D eigenvalue weighted by Gasteiger charge is -2.08. The van der Waals surface area contributed by atoms with E-state index >= 15 is 0 Å². The monoisotopic (exact) mass is 291 g/mol. The second-order valence-electron chi connectivity index (χ2n) is 4.46. The van der Waals surface area contributed by atoms with Gasteiger partial charge in [-0.1, -0.05) is 6.07 Å². The summed E-state index contributed by atoms with van der Waals surface area (Å²) in [5, 5.41) is 10.9. The lowest BCUT2D eigenvalue weighted by atomic mass is 10.2. The average molecular weight is 291 g/mol. The maximum absolute atomic E-state index is 13.1. The van der Waals surface area contributed by atoms with Crippen molar-refractivity contribution in [1.29, 1.82) is 0 Å². The van der Waals surface area contributed by atoms with E-state index in [0.29, 0.717) is 16.9 Å². The highest BCUT2D eigenvalue weighted by atomic mass is 19.1. The highest BCUT2D eigenvalue weighted by molar-refractivity contribution is 5.48. The van der Waals surface area contributed by atoms with Crippen LogP contribution >= 0.6 is 0 Å². The third-order valence-corrected chi connectivity index (χ3v) is 2.97. The van der Waals surface area contributed by atoms with Gasteiger partial charge in [-0.05, 0) is 42.3 Å². The molecule has 0 bridgehead atoms. The average Bonchev–Trinajstić information content (AvgIpc) is 2.48. The molecule has 0 saturated heterocycles. The Kier molecular flexibility index (Phi) is 4.37. The van der Waals surface area contributed by atoms with Crippen LogP contribution in [0.15, 0.2) is 36.4 Å². The molecule has 0 fully saturated rings. The van der Waals surface area contributed by atoms with Crippen molar-refractivity contribution >= 4 is 5.69 Å². The Morgan fingerprint density at radius 2 is 2.00 bits per heavy atom. The second kappa shape index (κ2) is 6.21. The van der Waals surface area contributed by atoms with Crippen LogP contribution in [-0.2, 0) is 6.61 Å². The van der Waals surface area contributed by atoms with Gasteiger partial charge in [-0.15, -0.1) is 0 Å². The summed E-state index contributed by atoms with van der Waals surface area (Å²) in [6.07, 6.45) is 0. The SMILES string of the molecule is COc1ccc(COc2ccc(F)c(C)c2)cc1[N+](=O)[O-]. The minimum Gasteiger partial charge on any atom is -0.490 e.